The fourth-order valence-electron chi connectivity index (χ4n) is 4.77. The molecule has 0 saturated carbocycles. The number of furan rings is 1. The Balaban J connectivity index is 1.48. The molecule has 0 saturated heterocycles. The number of methoxy groups -OCH3 is 1. The zero-order valence-electron chi connectivity index (χ0n) is 22.3. The number of tetrazole rings is 1. The van der Waals surface area contributed by atoms with Crippen molar-refractivity contribution < 1.29 is 13.9 Å². The third-order valence-corrected chi connectivity index (χ3v) is 6.69. The molecule has 0 fully saturated rings. The number of ether oxygens (including phenoxy) is 2. The molecule has 1 atom stereocenters. The van der Waals surface area contributed by atoms with Gasteiger partial charge in [0.1, 0.15) is 17.3 Å². The largest absolute Gasteiger partial charge is 0.497 e. The van der Waals surface area contributed by atoms with E-state index in [0.717, 1.165) is 46.0 Å². The molecule has 5 rings (SSSR count). The Morgan fingerprint density at radius 3 is 2.59 bits per heavy atom. The van der Waals surface area contributed by atoms with Gasteiger partial charge in [0.15, 0.2) is 5.82 Å². The van der Waals surface area contributed by atoms with Gasteiger partial charge in [-0.3, -0.25) is 9.69 Å². The maximum Gasteiger partial charge on any atom is 0.252 e. The minimum atomic E-state index is -0.173. The Morgan fingerprint density at radius 1 is 1.05 bits per heavy atom. The highest BCUT2D eigenvalue weighted by atomic mass is 16.5. The van der Waals surface area contributed by atoms with E-state index in [9.17, 15) is 4.79 Å². The topological polar surface area (TPSA) is 111 Å². The van der Waals surface area contributed by atoms with Gasteiger partial charge in [0, 0.05) is 23.0 Å². The lowest BCUT2D eigenvalue weighted by Crippen LogP contribution is -2.32. The van der Waals surface area contributed by atoms with Crippen molar-refractivity contribution in [3.8, 4) is 11.5 Å². The molecule has 1 unspecified atom stereocenters. The molecule has 1 N–H and O–H groups in total. The van der Waals surface area contributed by atoms with E-state index >= 15 is 0 Å². The van der Waals surface area contributed by atoms with Crippen LogP contribution in [0.1, 0.15) is 49.0 Å². The summed E-state index contributed by atoms with van der Waals surface area (Å²) in [4.78, 5) is 18.3. The van der Waals surface area contributed by atoms with E-state index in [-0.39, 0.29) is 11.6 Å². The van der Waals surface area contributed by atoms with Crippen molar-refractivity contribution in [2.75, 3.05) is 13.7 Å². The Bertz CT molecular complexity index is 1560. The number of aromatic nitrogens is 5. The maximum absolute atomic E-state index is 13.1. The Morgan fingerprint density at radius 2 is 1.87 bits per heavy atom. The van der Waals surface area contributed by atoms with Crippen LogP contribution in [-0.2, 0) is 19.6 Å². The van der Waals surface area contributed by atoms with Crippen LogP contribution >= 0.6 is 0 Å². The molecule has 39 heavy (non-hydrogen) atoms. The van der Waals surface area contributed by atoms with Crippen molar-refractivity contribution in [1.82, 2.24) is 30.1 Å². The van der Waals surface area contributed by atoms with Gasteiger partial charge in [0.2, 0.25) is 0 Å². The first-order valence-corrected chi connectivity index (χ1v) is 13.0. The van der Waals surface area contributed by atoms with Crippen LogP contribution in [0.5, 0.6) is 11.5 Å². The molecular weight excluding hydrogens is 496 g/mol. The lowest BCUT2D eigenvalue weighted by molar-refractivity contribution is 0.149. The van der Waals surface area contributed by atoms with Crippen molar-refractivity contribution in [3.05, 3.63) is 100.0 Å². The predicted octanol–water partition coefficient (Wildman–Crippen LogP) is 4.72. The van der Waals surface area contributed by atoms with Crippen LogP contribution in [0.2, 0.25) is 0 Å². The highest BCUT2D eigenvalue weighted by Crippen LogP contribution is 2.28. The Kier molecular flexibility index (Phi) is 8.02. The second kappa shape index (κ2) is 12.0. The van der Waals surface area contributed by atoms with Crippen LogP contribution < -0.4 is 15.0 Å². The standard InChI is InChI=1S/C29H32N6O4/c1-4-27(28-31-32-33-35(28)17-20-8-10-23(37-3)11-9-20)34(19-25-7-6-14-39-25)18-22-15-21-16-24(38-5-2)12-13-26(21)30-29(22)36/h6-16,27H,4-5,17-19H2,1-3H3,(H,30,36). The quantitative estimate of drug-likeness (QED) is 0.248. The summed E-state index contributed by atoms with van der Waals surface area (Å²) in [6, 6.07) is 19.1. The van der Waals surface area contributed by atoms with Gasteiger partial charge in [-0.25, -0.2) is 4.68 Å². The molecule has 0 spiro atoms. The number of nitrogens with zero attached hydrogens (tertiary/aromatic N) is 5. The number of hydrogen-bond acceptors (Lipinski definition) is 8. The minimum absolute atomic E-state index is 0.135. The zero-order valence-corrected chi connectivity index (χ0v) is 22.3. The van der Waals surface area contributed by atoms with Crippen LogP contribution in [-0.4, -0.2) is 43.8 Å². The molecule has 0 amide bonds. The highest BCUT2D eigenvalue weighted by Gasteiger charge is 2.27. The van der Waals surface area contributed by atoms with E-state index in [1.807, 2.05) is 72.3 Å². The minimum Gasteiger partial charge on any atom is -0.497 e. The molecule has 5 aromatic rings. The summed E-state index contributed by atoms with van der Waals surface area (Å²) in [7, 11) is 1.65. The first-order valence-electron chi connectivity index (χ1n) is 13.0. The van der Waals surface area contributed by atoms with Crippen LogP contribution in [0.3, 0.4) is 0 Å². The molecule has 2 aromatic carbocycles. The molecule has 3 heterocycles. The number of aromatic amines is 1. The van der Waals surface area contributed by atoms with Crippen LogP contribution in [0.4, 0.5) is 0 Å². The van der Waals surface area contributed by atoms with Crippen LogP contribution in [0.25, 0.3) is 10.9 Å². The Labute approximate surface area is 226 Å². The van der Waals surface area contributed by atoms with Crippen molar-refractivity contribution in [2.45, 2.75) is 45.9 Å². The van der Waals surface area contributed by atoms with E-state index in [4.69, 9.17) is 13.9 Å². The summed E-state index contributed by atoms with van der Waals surface area (Å²) in [5.74, 6) is 3.06. The van der Waals surface area contributed by atoms with Gasteiger partial charge < -0.3 is 18.9 Å². The molecule has 10 nitrogen and oxygen atoms in total. The number of pyridine rings is 1. The van der Waals surface area contributed by atoms with Gasteiger partial charge in [-0.05, 0) is 77.9 Å². The fourth-order valence-corrected chi connectivity index (χ4v) is 4.77. The SMILES string of the molecule is CCOc1ccc2[nH]c(=O)c(CN(Cc3ccco3)C(CC)c3nnnn3Cc3ccc(OC)cc3)cc2c1. The summed E-state index contributed by atoms with van der Waals surface area (Å²) in [6.45, 7) is 5.97. The number of nitrogens with one attached hydrogen (secondary N) is 1. The fraction of sp³-hybridized carbons (Fsp3) is 0.310. The van der Waals surface area contributed by atoms with E-state index in [1.165, 1.54) is 0 Å². The van der Waals surface area contributed by atoms with Crippen molar-refractivity contribution in [3.63, 3.8) is 0 Å². The second-order valence-corrected chi connectivity index (χ2v) is 9.26. The van der Waals surface area contributed by atoms with E-state index < -0.39 is 0 Å². The molecule has 202 valence electrons. The summed E-state index contributed by atoms with van der Waals surface area (Å²) >= 11 is 0. The smallest absolute Gasteiger partial charge is 0.252 e. The molecule has 0 radical (unpaired) electrons. The molecule has 0 aliphatic heterocycles. The highest BCUT2D eigenvalue weighted by molar-refractivity contribution is 5.80. The van der Waals surface area contributed by atoms with Crippen molar-refractivity contribution >= 4 is 10.9 Å². The molecule has 0 bridgehead atoms. The van der Waals surface area contributed by atoms with Crippen molar-refractivity contribution in [1.29, 1.82) is 0 Å². The first kappa shape index (κ1) is 26.2. The van der Waals surface area contributed by atoms with Gasteiger partial charge in [-0.1, -0.05) is 19.1 Å². The molecule has 10 heteroatoms. The van der Waals surface area contributed by atoms with E-state index in [0.29, 0.717) is 31.8 Å². The van der Waals surface area contributed by atoms with Crippen LogP contribution in [0, 0.1) is 0 Å². The maximum atomic E-state index is 13.1. The first-order chi connectivity index (χ1) is 19.1. The molecule has 0 aliphatic carbocycles. The van der Waals surface area contributed by atoms with E-state index in [2.05, 4.69) is 32.3 Å². The van der Waals surface area contributed by atoms with Crippen molar-refractivity contribution in [2.24, 2.45) is 0 Å². The van der Waals surface area contributed by atoms with E-state index in [1.54, 1.807) is 13.4 Å². The lowest BCUT2D eigenvalue weighted by atomic mass is 10.1. The van der Waals surface area contributed by atoms with Gasteiger partial charge in [-0.2, -0.15) is 0 Å². The number of fused-ring (bicyclic) bond motifs is 1. The number of H-pyrrole nitrogens is 1. The molecule has 0 aliphatic rings. The average Bonchev–Trinajstić information content (AvgIpc) is 3.63. The Hall–Kier alpha value is -4.44. The number of hydrogen-bond donors (Lipinski definition) is 1. The summed E-state index contributed by atoms with van der Waals surface area (Å²) in [6.07, 6.45) is 2.38. The van der Waals surface area contributed by atoms with Gasteiger partial charge in [0.05, 0.1) is 39.1 Å². The summed E-state index contributed by atoms with van der Waals surface area (Å²) in [5.41, 5.74) is 2.31. The second-order valence-electron chi connectivity index (χ2n) is 9.26. The molecular formula is C29H32N6O4. The van der Waals surface area contributed by atoms with Gasteiger partial charge >= 0.3 is 0 Å². The van der Waals surface area contributed by atoms with Crippen LogP contribution in [0.15, 0.2) is 76.1 Å². The third-order valence-electron chi connectivity index (χ3n) is 6.69. The summed E-state index contributed by atoms with van der Waals surface area (Å²) < 4.78 is 18.4. The normalized spacial score (nSPS) is 12.2. The zero-order chi connectivity index (χ0) is 27.2. The summed E-state index contributed by atoms with van der Waals surface area (Å²) in [5, 5.41) is 13.6. The molecule has 3 aromatic heterocycles. The predicted molar refractivity (Wildman–Crippen MR) is 147 cm³/mol. The van der Waals surface area contributed by atoms with Gasteiger partial charge in [-0.15, -0.1) is 5.10 Å². The van der Waals surface area contributed by atoms with Gasteiger partial charge in [0.25, 0.3) is 5.56 Å². The average molecular weight is 529 g/mol. The monoisotopic (exact) mass is 528 g/mol. The third kappa shape index (κ3) is 6.01. The lowest BCUT2D eigenvalue weighted by Gasteiger charge is -2.29. The number of rotatable bonds is 12. The number of benzene rings is 2.